The smallest absolute Gasteiger partial charge is 0.259 e. The zero-order valence-electron chi connectivity index (χ0n) is 15.6. The van der Waals surface area contributed by atoms with Crippen LogP contribution < -0.4 is 15.4 Å². The molecule has 5 heteroatoms. The molecule has 142 valence electrons. The van der Waals surface area contributed by atoms with Crippen molar-refractivity contribution in [3.8, 4) is 5.75 Å². The van der Waals surface area contributed by atoms with Crippen molar-refractivity contribution in [2.45, 2.75) is 13.5 Å². The highest BCUT2D eigenvalue weighted by molar-refractivity contribution is 6.06. The highest BCUT2D eigenvalue weighted by Gasteiger charge is 2.12. The summed E-state index contributed by atoms with van der Waals surface area (Å²) in [6.07, 6.45) is 0. The lowest BCUT2D eigenvalue weighted by atomic mass is 10.1. The molecule has 2 N–H and O–H groups in total. The first kappa shape index (κ1) is 19.2. The Kier molecular flexibility index (Phi) is 6.41. The van der Waals surface area contributed by atoms with Crippen LogP contribution in [0.5, 0.6) is 5.75 Å². The maximum absolute atomic E-state index is 12.5. The van der Waals surface area contributed by atoms with E-state index in [1.165, 1.54) is 0 Å². The van der Waals surface area contributed by atoms with Crippen molar-refractivity contribution < 1.29 is 14.3 Å². The molecule has 0 radical (unpaired) electrons. The minimum Gasteiger partial charge on any atom is -0.493 e. The normalized spacial score (nSPS) is 10.2. The Hall–Kier alpha value is -3.60. The van der Waals surface area contributed by atoms with Gasteiger partial charge in [-0.1, -0.05) is 42.5 Å². The molecule has 0 aromatic heterocycles. The van der Waals surface area contributed by atoms with Crippen LogP contribution in [0, 0.1) is 0 Å². The molecule has 5 nitrogen and oxygen atoms in total. The van der Waals surface area contributed by atoms with E-state index >= 15 is 0 Å². The molecule has 0 spiro atoms. The number of benzene rings is 3. The van der Waals surface area contributed by atoms with Crippen molar-refractivity contribution in [3.63, 3.8) is 0 Å². The molecule has 0 bridgehead atoms. The van der Waals surface area contributed by atoms with Gasteiger partial charge >= 0.3 is 0 Å². The van der Waals surface area contributed by atoms with E-state index in [2.05, 4.69) is 10.6 Å². The second kappa shape index (κ2) is 9.37. The predicted octanol–water partition coefficient (Wildman–Crippen LogP) is 4.27. The van der Waals surface area contributed by atoms with Crippen molar-refractivity contribution >= 4 is 17.5 Å². The van der Waals surface area contributed by atoms with Gasteiger partial charge in [-0.05, 0) is 48.9 Å². The molecule has 0 fully saturated rings. The number of hydrogen-bond acceptors (Lipinski definition) is 3. The molecule has 0 saturated heterocycles. The van der Waals surface area contributed by atoms with Gasteiger partial charge in [-0.3, -0.25) is 9.59 Å². The van der Waals surface area contributed by atoms with E-state index < -0.39 is 0 Å². The van der Waals surface area contributed by atoms with Crippen molar-refractivity contribution in [1.29, 1.82) is 0 Å². The molecule has 0 heterocycles. The molecule has 2 amide bonds. The Balaban J connectivity index is 1.61. The number of ether oxygens (including phenoxy) is 1. The van der Waals surface area contributed by atoms with Crippen LogP contribution in [0.2, 0.25) is 0 Å². The maximum Gasteiger partial charge on any atom is 0.259 e. The third kappa shape index (κ3) is 4.98. The molecule has 28 heavy (non-hydrogen) atoms. The highest BCUT2D eigenvalue weighted by atomic mass is 16.5. The standard InChI is InChI=1S/C23H22N2O3/c1-2-28-21-11-7-6-10-20(21)23(27)25-19-14-12-18(13-15-19)22(26)24-16-17-8-4-3-5-9-17/h3-15H,2,16H2,1H3,(H,24,26)(H,25,27). The highest BCUT2D eigenvalue weighted by Crippen LogP contribution is 2.20. The number of para-hydroxylation sites is 1. The zero-order chi connectivity index (χ0) is 19.8. The van der Waals surface area contributed by atoms with E-state index in [4.69, 9.17) is 4.74 Å². The minimum atomic E-state index is -0.259. The second-order valence-corrected chi connectivity index (χ2v) is 6.13. The van der Waals surface area contributed by atoms with Gasteiger partial charge in [0.1, 0.15) is 5.75 Å². The van der Waals surface area contributed by atoms with Crippen molar-refractivity contribution in [2.75, 3.05) is 11.9 Å². The van der Waals surface area contributed by atoms with Gasteiger partial charge in [-0.15, -0.1) is 0 Å². The number of anilines is 1. The Labute approximate surface area is 164 Å². The minimum absolute atomic E-state index is 0.163. The SMILES string of the molecule is CCOc1ccccc1C(=O)Nc1ccc(C(=O)NCc2ccccc2)cc1. The second-order valence-electron chi connectivity index (χ2n) is 6.13. The number of rotatable bonds is 7. The lowest BCUT2D eigenvalue weighted by molar-refractivity contribution is 0.0950. The van der Waals surface area contributed by atoms with Crippen LogP contribution in [-0.4, -0.2) is 18.4 Å². The fraction of sp³-hybridized carbons (Fsp3) is 0.130. The van der Waals surface area contributed by atoms with Gasteiger partial charge in [0.05, 0.1) is 12.2 Å². The molecule has 3 aromatic carbocycles. The van der Waals surface area contributed by atoms with Crippen LogP contribution in [-0.2, 0) is 6.54 Å². The van der Waals surface area contributed by atoms with Crippen molar-refractivity contribution in [1.82, 2.24) is 5.32 Å². The van der Waals surface area contributed by atoms with Gasteiger partial charge in [-0.25, -0.2) is 0 Å². The van der Waals surface area contributed by atoms with Gasteiger partial charge in [0.2, 0.25) is 0 Å². The largest absolute Gasteiger partial charge is 0.493 e. The zero-order valence-corrected chi connectivity index (χ0v) is 15.6. The van der Waals surface area contributed by atoms with Crippen LogP contribution in [0.4, 0.5) is 5.69 Å². The summed E-state index contributed by atoms with van der Waals surface area (Å²) in [5.41, 5.74) is 2.64. The molecule has 3 rings (SSSR count). The van der Waals surface area contributed by atoms with Gasteiger partial charge in [0, 0.05) is 17.8 Å². The van der Waals surface area contributed by atoms with E-state index in [1.807, 2.05) is 43.3 Å². The van der Waals surface area contributed by atoms with Gasteiger partial charge in [-0.2, -0.15) is 0 Å². The molecular formula is C23H22N2O3. The third-order valence-corrected chi connectivity index (χ3v) is 4.13. The summed E-state index contributed by atoms with van der Waals surface area (Å²) in [6.45, 7) is 2.82. The number of carbonyl (C=O) groups is 2. The van der Waals surface area contributed by atoms with Gasteiger partial charge in [0.25, 0.3) is 11.8 Å². The molecule has 0 aliphatic carbocycles. The summed E-state index contributed by atoms with van der Waals surface area (Å²) in [6, 6.07) is 23.6. The lowest BCUT2D eigenvalue weighted by Crippen LogP contribution is -2.22. The molecule has 3 aromatic rings. The molecule has 0 atom stereocenters. The van der Waals surface area contributed by atoms with Crippen LogP contribution in [0.1, 0.15) is 33.2 Å². The summed E-state index contributed by atoms with van der Waals surface area (Å²) in [7, 11) is 0. The molecule has 0 aliphatic rings. The third-order valence-electron chi connectivity index (χ3n) is 4.13. The quantitative estimate of drug-likeness (QED) is 0.649. The van der Waals surface area contributed by atoms with Crippen molar-refractivity contribution in [2.24, 2.45) is 0 Å². The average Bonchev–Trinajstić information content (AvgIpc) is 2.74. The fourth-order valence-electron chi connectivity index (χ4n) is 2.72. The van der Waals surface area contributed by atoms with Gasteiger partial charge in [0.15, 0.2) is 0 Å². The Bertz CT molecular complexity index is 938. The molecule has 0 aliphatic heterocycles. The van der Waals surface area contributed by atoms with Crippen LogP contribution in [0.3, 0.4) is 0 Å². The topological polar surface area (TPSA) is 67.4 Å². The van der Waals surface area contributed by atoms with E-state index in [-0.39, 0.29) is 11.8 Å². The molecule has 0 unspecified atom stereocenters. The van der Waals surface area contributed by atoms with Crippen LogP contribution in [0.15, 0.2) is 78.9 Å². The maximum atomic E-state index is 12.5. The number of hydrogen-bond donors (Lipinski definition) is 2. The predicted molar refractivity (Wildman–Crippen MR) is 110 cm³/mol. The Morgan fingerprint density at radius 3 is 2.21 bits per heavy atom. The number of carbonyl (C=O) groups excluding carboxylic acids is 2. The fourth-order valence-corrected chi connectivity index (χ4v) is 2.72. The Morgan fingerprint density at radius 2 is 1.50 bits per heavy atom. The summed E-state index contributed by atoms with van der Waals surface area (Å²) < 4.78 is 5.50. The lowest BCUT2D eigenvalue weighted by Gasteiger charge is -2.11. The monoisotopic (exact) mass is 374 g/mol. The summed E-state index contributed by atoms with van der Waals surface area (Å²) in [4.78, 5) is 24.8. The molecular weight excluding hydrogens is 352 g/mol. The van der Waals surface area contributed by atoms with E-state index in [1.54, 1.807) is 42.5 Å². The average molecular weight is 374 g/mol. The van der Waals surface area contributed by atoms with Crippen LogP contribution >= 0.6 is 0 Å². The first-order valence-electron chi connectivity index (χ1n) is 9.12. The molecule has 0 saturated carbocycles. The van der Waals surface area contributed by atoms with Crippen molar-refractivity contribution in [3.05, 3.63) is 95.6 Å². The van der Waals surface area contributed by atoms with Gasteiger partial charge < -0.3 is 15.4 Å². The van der Waals surface area contributed by atoms with Crippen LogP contribution in [0.25, 0.3) is 0 Å². The summed E-state index contributed by atoms with van der Waals surface area (Å²) in [5, 5.41) is 5.71. The number of amides is 2. The summed E-state index contributed by atoms with van der Waals surface area (Å²) in [5.74, 6) is 0.119. The summed E-state index contributed by atoms with van der Waals surface area (Å²) >= 11 is 0. The number of nitrogens with one attached hydrogen (secondary N) is 2. The first-order valence-corrected chi connectivity index (χ1v) is 9.12. The first-order chi connectivity index (χ1) is 13.7. The van der Waals surface area contributed by atoms with E-state index in [0.717, 1.165) is 5.56 Å². The Morgan fingerprint density at radius 1 is 0.821 bits per heavy atom. The van der Waals surface area contributed by atoms with E-state index in [9.17, 15) is 9.59 Å². The van der Waals surface area contributed by atoms with E-state index in [0.29, 0.717) is 35.7 Å².